The van der Waals surface area contributed by atoms with E-state index < -0.39 is 0 Å². The zero-order valence-corrected chi connectivity index (χ0v) is 10.9. The van der Waals surface area contributed by atoms with E-state index >= 15 is 0 Å². The monoisotopic (exact) mass is 202 g/mol. The van der Waals surface area contributed by atoms with Gasteiger partial charge in [0.25, 0.3) is 0 Å². The van der Waals surface area contributed by atoms with Gasteiger partial charge in [0.05, 0.1) is 0 Å². The third-order valence-corrected chi connectivity index (χ3v) is 4.78. The van der Waals surface area contributed by atoms with E-state index in [-0.39, 0.29) is 0 Å². The molecule has 3 rings (SSSR count). The molecule has 68 valence electrons. The van der Waals surface area contributed by atoms with E-state index in [1.165, 1.54) is 39.1 Å². The average molecular weight is 202 g/mol. The van der Waals surface area contributed by atoms with Crippen molar-refractivity contribution >= 4 is 34.0 Å². The molecule has 15 heavy (non-hydrogen) atoms. The van der Waals surface area contributed by atoms with Crippen LogP contribution in [0.1, 0.15) is 17.0 Å². The first-order valence-corrected chi connectivity index (χ1v) is 6.44. The number of fused-ring (bicyclic) bond motifs is 1. The summed E-state index contributed by atoms with van der Waals surface area (Å²) in [5.41, 5.74) is 2.88. The molecular formula is C14H11Na. The summed E-state index contributed by atoms with van der Waals surface area (Å²) in [5, 5.41) is 0. The van der Waals surface area contributed by atoms with E-state index in [9.17, 15) is 0 Å². The topological polar surface area (TPSA) is 0 Å². The second-order valence-corrected chi connectivity index (χ2v) is 6.28. The third kappa shape index (κ3) is 1.48. The molecule has 0 nitrogen and oxygen atoms in total. The minimum absolute atomic E-state index is 0.309. The number of allylic oxidation sites excluding steroid dienone is 5. The van der Waals surface area contributed by atoms with Crippen molar-refractivity contribution in [3.63, 3.8) is 0 Å². The number of hydrogen-bond donors (Lipinski definition) is 0. The summed E-state index contributed by atoms with van der Waals surface area (Å²) in [6.07, 6.45) is 13.7. The molecule has 0 saturated heterocycles. The van der Waals surface area contributed by atoms with Crippen molar-refractivity contribution in [3.8, 4) is 0 Å². The van der Waals surface area contributed by atoms with Gasteiger partial charge in [0.1, 0.15) is 0 Å². The van der Waals surface area contributed by atoms with Crippen LogP contribution in [0.4, 0.5) is 0 Å². The van der Waals surface area contributed by atoms with Gasteiger partial charge in [-0.25, -0.2) is 0 Å². The Hall–Kier alpha value is -0.560. The van der Waals surface area contributed by atoms with E-state index in [0.29, 0.717) is 8.58 Å². The Balaban J connectivity index is 2.08. The van der Waals surface area contributed by atoms with Gasteiger partial charge in [-0.1, -0.05) is 0 Å². The van der Waals surface area contributed by atoms with Crippen LogP contribution in [0.25, 0.3) is 6.08 Å². The Kier molecular flexibility index (Phi) is 2.24. The quantitative estimate of drug-likeness (QED) is 0.613. The van der Waals surface area contributed by atoms with E-state index in [4.69, 9.17) is 0 Å². The number of benzene rings is 1. The van der Waals surface area contributed by atoms with Crippen LogP contribution in [0.3, 0.4) is 0 Å². The van der Waals surface area contributed by atoms with Crippen LogP contribution in [0.15, 0.2) is 54.6 Å². The predicted molar refractivity (Wildman–Crippen MR) is 64.9 cm³/mol. The van der Waals surface area contributed by atoms with Crippen LogP contribution in [0, 0.1) is 0 Å². The second kappa shape index (κ2) is 3.48. The van der Waals surface area contributed by atoms with Gasteiger partial charge in [0, 0.05) is 0 Å². The molecule has 2 aliphatic rings. The maximum absolute atomic E-state index is 2.36. The molecule has 0 spiro atoms. The van der Waals surface area contributed by atoms with Gasteiger partial charge in [0.2, 0.25) is 0 Å². The van der Waals surface area contributed by atoms with Crippen LogP contribution in [-0.2, 0) is 0 Å². The molecule has 0 radical (unpaired) electrons. The van der Waals surface area contributed by atoms with Crippen molar-refractivity contribution in [2.75, 3.05) is 0 Å². The SMILES string of the molecule is [Na][C]1(C2C=Cc3ccccc32)C=CC=C1. The van der Waals surface area contributed by atoms with Crippen LogP contribution in [0.2, 0.25) is 2.66 Å². The van der Waals surface area contributed by atoms with Crippen LogP contribution < -0.4 is 0 Å². The average Bonchev–Trinajstić information content (AvgIpc) is 2.84. The molecular weight excluding hydrogens is 191 g/mol. The molecule has 0 aromatic heterocycles. The summed E-state index contributed by atoms with van der Waals surface area (Å²) in [6, 6.07) is 8.73. The molecule has 0 amide bonds. The Morgan fingerprint density at radius 1 is 1.07 bits per heavy atom. The Labute approximate surface area is 108 Å². The molecule has 0 bridgehead atoms. The molecule has 1 heteroatoms. The van der Waals surface area contributed by atoms with Gasteiger partial charge < -0.3 is 0 Å². The van der Waals surface area contributed by atoms with Crippen molar-refractivity contribution in [2.45, 2.75) is 8.58 Å². The Bertz CT molecular complexity index is 468. The first-order valence-electron chi connectivity index (χ1n) is 5.44. The number of rotatable bonds is 1. The molecule has 1 aromatic carbocycles. The van der Waals surface area contributed by atoms with E-state index in [2.05, 4.69) is 60.7 Å². The van der Waals surface area contributed by atoms with Crippen molar-refractivity contribution in [3.05, 3.63) is 65.8 Å². The number of hydrogen-bond acceptors (Lipinski definition) is 0. The molecule has 1 unspecified atom stereocenters. The van der Waals surface area contributed by atoms with Gasteiger partial charge >= 0.3 is 108 Å². The van der Waals surface area contributed by atoms with Gasteiger partial charge in [-0.2, -0.15) is 0 Å². The molecule has 0 N–H and O–H groups in total. The van der Waals surface area contributed by atoms with Crippen molar-refractivity contribution in [1.29, 1.82) is 0 Å². The van der Waals surface area contributed by atoms with Gasteiger partial charge in [-0.15, -0.1) is 0 Å². The van der Waals surface area contributed by atoms with Gasteiger partial charge in [-0.3, -0.25) is 0 Å². The standard InChI is InChI=1S/C14H11.Na/c1-2-6-11(5-1)14-10-9-12-7-3-4-8-13(12)14;/h1-10,14H;. The molecule has 0 fully saturated rings. The maximum atomic E-state index is 2.36. The van der Waals surface area contributed by atoms with Crippen molar-refractivity contribution in [2.24, 2.45) is 0 Å². The summed E-state index contributed by atoms with van der Waals surface area (Å²) in [6.45, 7) is 0. The molecule has 0 saturated carbocycles. The zero-order valence-electron chi connectivity index (χ0n) is 8.85. The first kappa shape index (κ1) is 9.65. The third-order valence-electron chi connectivity index (χ3n) is 3.49. The molecule has 2 aliphatic carbocycles. The van der Waals surface area contributed by atoms with E-state index in [1.54, 1.807) is 0 Å². The Morgan fingerprint density at radius 3 is 2.60 bits per heavy atom. The van der Waals surface area contributed by atoms with Gasteiger partial charge in [-0.05, 0) is 0 Å². The molecule has 0 aliphatic heterocycles. The molecule has 1 aromatic rings. The fourth-order valence-corrected chi connectivity index (χ4v) is 3.47. The van der Waals surface area contributed by atoms with Crippen molar-refractivity contribution in [1.82, 2.24) is 0 Å². The summed E-state index contributed by atoms with van der Waals surface area (Å²) >= 11 is 1.17. The van der Waals surface area contributed by atoms with Crippen LogP contribution in [0.5, 0.6) is 0 Å². The fraction of sp³-hybridized carbons (Fsp3) is 0.143. The first-order chi connectivity index (χ1) is 7.30. The fourth-order valence-electron chi connectivity index (χ4n) is 2.58. The normalized spacial score (nSPS) is 24.8. The summed E-state index contributed by atoms with van der Waals surface area (Å²) in [5.74, 6) is 0.565. The summed E-state index contributed by atoms with van der Waals surface area (Å²) in [7, 11) is 0. The Morgan fingerprint density at radius 2 is 1.80 bits per heavy atom. The van der Waals surface area contributed by atoms with Crippen molar-refractivity contribution < 1.29 is 0 Å². The summed E-state index contributed by atoms with van der Waals surface area (Å²) in [4.78, 5) is 0. The zero-order chi connectivity index (χ0) is 10.3. The predicted octanol–water partition coefficient (Wildman–Crippen LogP) is 3.25. The van der Waals surface area contributed by atoms with E-state index in [0.717, 1.165) is 0 Å². The summed E-state index contributed by atoms with van der Waals surface area (Å²) < 4.78 is 0.309. The minimum atomic E-state index is 0.309. The second-order valence-electron chi connectivity index (χ2n) is 4.55. The van der Waals surface area contributed by atoms with E-state index in [1.807, 2.05) is 0 Å². The van der Waals surface area contributed by atoms with Gasteiger partial charge in [0.15, 0.2) is 0 Å². The van der Waals surface area contributed by atoms with Crippen LogP contribution in [-0.4, -0.2) is 27.9 Å². The van der Waals surface area contributed by atoms with Crippen LogP contribution >= 0.6 is 0 Å². The molecule has 0 heterocycles. The molecule has 1 atom stereocenters.